The first-order valence-electron chi connectivity index (χ1n) is 9.62. The molecule has 0 aromatic heterocycles. The van der Waals surface area contributed by atoms with Crippen molar-refractivity contribution in [1.82, 2.24) is 0 Å². The van der Waals surface area contributed by atoms with Crippen LogP contribution in [0.4, 0.5) is 8.78 Å². The third-order valence-electron chi connectivity index (χ3n) is 6.35. The molecule has 0 amide bonds. The summed E-state index contributed by atoms with van der Waals surface area (Å²) in [6.07, 6.45) is 8.35. The van der Waals surface area contributed by atoms with Gasteiger partial charge >= 0.3 is 5.97 Å². The molecule has 0 aromatic carbocycles. The van der Waals surface area contributed by atoms with E-state index in [2.05, 4.69) is 0 Å². The highest BCUT2D eigenvalue weighted by Crippen LogP contribution is 2.40. The Balaban J connectivity index is 1.41. The molecule has 0 aliphatic heterocycles. The van der Waals surface area contributed by atoms with Crippen LogP contribution in [0.5, 0.6) is 0 Å². The second-order valence-corrected chi connectivity index (χ2v) is 7.91. The van der Waals surface area contributed by atoms with Gasteiger partial charge in [-0.15, -0.1) is 0 Å². The van der Waals surface area contributed by atoms with Crippen molar-refractivity contribution >= 4 is 5.97 Å². The highest BCUT2D eigenvalue weighted by Gasteiger charge is 2.36. The zero-order valence-electron chi connectivity index (χ0n) is 14.0. The van der Waals surface area contributed by atoms with Crippen LogP contribution in [0.2, 0.25) is 0 Å². The molecule has 0 bridgehead atoms. The monoisotopic (exact) mass is 328 g/mol. The lowest BCUT2D eigenvalue weighted by molar-refractivity contribution is -0.159. The molecule has 3 fully saturated rings. The predicted octanol–water partition coefficient (Wildman–Crippen LogP) is 5.15. The van der Waals surface area contributed by atoms with E-state index in [1.807, 2.05) is 0 Å². The van der Waals surface area contributed by atoms with Crippen molar-refractivity contribution in [1.29, 1.82) is 0 Å². The van der Waals surface area contributed by atoms with Crippen LogP contribution in [0.3, 0.4) is 0 Å². The molecule has 4 heteroatoms. The van der Waals surface area contributed by atoms with E-state index in [0.717, 1.165) is 37.5 Å². The van der Waals surface area contributed by atoms with E-state index in [1.165, 1.54) is 32.1 Å². The molecule has 0 saturated heterocycles. The minimum atomic E-state index is -1.47. The molecule has 3 unspecified atom stereocenters. The first-order valence-corrected chi connectivity index (χ1v) is 9.62. The van der Waals surface area contributed by atoms with Gasteiger partial charge in [0.05, 0.1) is 5.92 Å². The first-order chi connectivity index (χ1) is 11.1. The molecule has 3 atom stereocenters. The fourth-order valence-electron chi connectivity index (χ4n) is 4.84. The predicted molar refractivity (Wildman–Crippen MR) is 85.5 cm³/mol. The van der Waals surface area contributed by atoms with Gasteiger partial charge in [-0.3, -0.25) is 4.79 Å². The number of esters is 1. The van der Waals surface area contributed by atoms with Gasteiger partial charge in [-0.2, -0.15) is 0 Å². The van der Waals surface area contributed by atoms with Crippen molar-refractivity contribution in [3.63, 3.8) is 0 Å². The Bertz CT molecular complexity index is 387. The van der Waals surface area contributed by atoms with Gasteiger partial charge in [-0.05, 0) is 50.4 Å². The molecule has 3 aliphatic carbocycles. The van der Waals surface area contributed by atoms with E-state index in [1.54, 1.807) is 0 Å². The van der Waals surface area contributed by atoms with Crippen LogP contribution in [0.15, 0.2) is 0 Å². The highest BCUT2D eigenvalue weighted by atomic mass is 19.2. The number of alkyl halides is 2. The van der Waals surface area contributed by atoms with Crippen molar-refractivity contribution in [2.45, 2.75) is 95.5 Å². The average molecular weight is 328 g/mol. The third-order valence-corrected chi connectivity index (χ3v) is 6.35. The van der Waals surface area contributed by atoms with Crippen LogP contribution in [0, 0.1) is 17.8 Å². The van der Waals surface area contributed by atoms with Crippen LogP contribution >= 0.6 is 0 Å². The van der Waals surface area contributed by atoms with Gasteiger partial charge in [0.2, 0.25) is 0 Å². The normalized spacial score (nSPS) is 39.8. The first kappa shape index (κ1) is 17.2. The Morgan fingerprint density at radius 2 is 1.39 bits per heavy atom. The lowest BCUT2D eigenvalue weighted by Crippen LogP contribution is -2.35. The highest BCUT2D eigenvalue weighted by molar-refractivity contribution is 5.72. The minimum absolute atomic E-state index is 0.0176. The zero-order valence-corrected chi connectivity index (χ0v) is 14.0. The van der Waals surface area contributed by atoms with Crippen LogP contribution in [-0.4, -0.2) is 24.4 Å². The summed E-state index contributed by atoms with van der Waals surface area (Å²) < 4.78 is 32.0. The molecule has 0 aromatic rings. The van der Waals surface area contributed by atoms with Crippen molar-refractivity contribution in [3.05, 3.63) is 0 Å². The Morgan fingerprint density at radius 3 is 2.04 bits per heavy atom. The van der Waals surface area contributed by atoms with Gasteiger partial charge < -0.3 is 4.74 Å². The molecular formula is C19H30F2O2. The molecule has 0 spiro atoms. The zero-order chi connectivity index (χ0) is 16.2. The van der Waals surface area contributed by atoms with E-state index in [-0.39, 0.29) is 24.7 Å². The molecule has 0 radical (unpaired) electrons. The Labute approximate surface area is 138 Å². The van der Waals surface area contributed by atoms with Gasteiger partial charge in [-0.1, -0.05) is 32.1 Å². The van der Waals surface area contributed by atoms with Crippen LogP contribution in [0.25, 0.3) is 0 Å². The number of hydrogen-bond acceptors (Lipinski definition) is 2. The summed E-state index contributed by atoms with van der Waals surface area (Å²) in [5.74, 6) is 1.47. The molecule has 3 saturated carbocycles. The molecule has 0 N–H and O–H groups in total. The van der Waals surface area contributed by atoms with Crippen molar-refractivity contribution in [3.8, 4) is 0 Å². The summed E-state index contributed by atoms with van der Waals surface area (Å²) in [5.41, 5.74) is 0. The van der Waals surface area contributed by atoms with Crippen LogP contribution in [0.1, 0.15) is 77.0 Å². The van der Waals surface area contributed by atoms with Crippen molar-refractivity contribution < 1.29 is 18.3 Å². The molecule has 0 heterocycles. The summed E-state index contributed by atoms with van der Waals surface area (Å²) in [6, 6.07) is 0. The van der Waals surface area contributed by atoms with Gasteiger partial charge in [-0.25, -0.2) is 8.78 Å². The van der Waals surface area contributed by atoms with E-state index in [0.29, 0.717) is 6.42 Å². The number of halogens is 2. The van der Waals surface area contributed by atoms with Crippen molar-refractivity contribution in [2.75, 3.05) is 0 Å². The lowest BCUT2D eigenvalue weighted by Gasteiger charge is -2.36. The van der Waals surface area contributed by atoms with Crippen LogP contribution < -0.4 is 0 Å². The fourth-order valence-corrected chi connectivity index (χ4v) is 4.84. The summed E-state index contributed by atoms with van der Waals surface area (Å²) in [4.78, 5) is 12.3. The maximum absolute atomic E-state index is 13.4. The van der Waals surface area contributed by atoms with Crippen LogP contribution in [-0.2, 0) is 9.53 Å². The SMILES string of the molecule is O=C(OC1CCC(F)C(F)C1)C1CCC(C2CCCCC2)CC1. The summed E-state index contributed by atoms with van der Waals surface area (Å²) >= 11 is 0. The third kappa shape index (κ3) is 4.45. The molecule has 132 valence electrons. The fraction of sp³-hybridized carbons (Fsp3) is 0.947. The number of ether oxygens (including phenoxy) is 1. The summed E-state index contributed by atoms with van der Waals surface area (Å²) in [5, 5.41) is 0. The maximum Gasteiger partial charge on any atom is 0.309 e. The smallest absolute Gasteiger partial charge is 0.309 e. The van der Waals surface area contributed by atoms with E-state index in [4.69, 9.17) is 4.74 Å². The Morgan fingerprint density at radius 1 is 0.739 bits per heavy atom. The largest absolute Gasteiger partial charge is 0.462 e. The van der Waals surface area contributed by atoms with Gasteiger partial charge in [0, 0.05) is 6.42 Å². The minimum Gasteiger partial charge on any atom is -0.462 e. The standard InChI is InChI=1S/C19H30F2O2/c20-17-11-10-16(12-18(17)21)23-19(22)15-8-6-14(7-9-15)13-4-2-1-3-5-13/h13-18H,1-12H2. The maximum atomic E-state index is 13.4. The number of carbonyl (C=O) groups is 1. The Hall–Kier alpha value is -0.670. The van der Waals surface area contributed by atoms with E-state index in [9.17, 15) is 13.6 Å². The van der Waals surface area contributed by atoms with Gasteiger partial charge in [0.1, 0.15) is 18.4 Å². The number of hydrogen-bond donors (Lipinski definition) is 0. The topological polar surface area (TPSA) is 26.3 Å². The molecular weight excluding hydrogens is 298 g/mol. The Kier molecular flexibility index (Phi) is 5.92. The second kappa shape index (κ2) is 7.94. The molecule has 2 nitrogen and oxygen atoms in total. The van der Waals surface area contributed by atoms with Gasteiger partial charge in [0.25, 0.3) is 0 Å². The number of carbonyl (C=O) groups excluding carboxylic acids is 1. The van der Waals surface area contributed by atoms with Crippen molar-refractivity contribution in [2.24, 2.45) is 17.8 Å². The van der Waals surface area contributed by atoms with E-state index < -0.39 is 18.4 Å². The second-order valence-electron chi connectivity index (χ2n) is 7.91. The number of rotatable bonds is 3. The van der Waals surface area contributed by atoms with E-state index >= 15 is 0 Å². The molecule has 3 rings (SSSR count). The quantitative estimate of drug-likeness (QED) is 0.670. The molecule has 23 heavy (non-hydrogen) atoms. The van der Waals surface area contributed by atoms with Gasteiger partial charge in [0.15, 0.2) is 0 Å². The average Bonchev–Trinajstić information content (AvgIpc) is 2.59. The summed E-state index contributed by atoms with van der Waals surface area (Å²) in [7, 11) is 0. The summed E-state index contributed by atoms with van der Waals surface area (Å²) in [6.45, 7) is 0. The lowest BCUT2D eigenvalue weighted by atomic mass is 9.71. The molecule has 3 aliphatic rings.